The zero-order valence-electron chi connectivity index (χ0n) is 25.7. The van der Waals surface area contributed by atoms with Gasteiger partial charge in [0.2, 0.25) is 0 Å². The van der Waals surface area contributed by atoms with Crippen molar-refractivity contribution in [1.82, 2.24) is 20.6 Å². The first-order chi connectivity index (χ1) is 19.1. The van der Waals surface area contributed by atoms with E-state index in [1.165, 1.54) is 0 Å². The molecule has 4 aromatic rings. The molecule has 240 valence electrons. The van der Waals surface area contributed by atoms with Gasteiger partial charge in [-0.15, -0.1) is 24.8 Å². The molecular weight excluding hydrogens is 591 g/mol. The van der Waals surface area contributed by atoms with Crippen molar-refractivity contribution in [2.75, 3.05) is 0 Å². The third-order valence-electron chi connectivity index (χ3n) is 6.94. The summed E-state index contributed by atoms with van der Waals surface area (Å²) in [7, 11) is 0. The topological polar surface area (TPSA) is 162 Å². The van der Waals surface area contributed by atoms with Gasteiger partial charge in [-0.3, -0.25) is 9.97 Å². The zero-order chi connectivity index (χ0) is 29.4. The molecule has 9 nitrogen and oxygen atoms in total. The first-order valence-corrected chi connectivity index (χ1v) is 14.1. The molecule has 0 bridgehead atoms. The molecule has 2 heterocycles. The molecule has 4 unspecified atom stereocenters. The molecule has 0 amide bonds. The molecule has 0 saturated carbocycles. The molecule has 0 saturated heterocycles. The molecule has 0 spiro atoms. The van der Waals surface area contributed by atoms with Crippen molar-refractivity contribution in [3.63, 3.8) is 0 Å². The highest BCUT2D eigenvalue weighted by Crippen LogP contribution is 2.32. The lowest BCUT2D eigenvalue weighted by Gasteiger charge is -2.26. The maximum absolute atomic E-state index is 10.6. The number of fused-ring (bicyclic) bond motifs is 2. The molecule has 0 aliphatic rings. The first-order valence-electron chi connectivity index (χ1n) is 14.1. The highest BCUT2D eigenvalue weighted by Gasteiger charge is 2.23. The fourth-order valence-corrected chi connectivity index (χ4v) is 5.03. The number of hydrogen-bond acceptors (Lipinski definition) is 8. The predicted octanol–water partition coefficient (Wildman–Crippen LogP) is 5.52. The van der Waals surface area contributed by atoms with Crippen LogP contribution in [-0.4, -0.2) is 60.0 Å². The number of pyridine rings is 2. The smallest absolute Gasteiger partial charge is 0.141 e. The van der Waals surface area contributed by atoms with Gasteiger partial charge in [0.15, 0.2) is 0 Å². The number of aliphatic hydroxyl groups is 2. The van der Waals surface area contributed by atoms with Crippen molar-refractivity contribution in [1.29, 1.82) is 0 Å². The summed E-state index contributed by atoms with van der Waals surface area (Å²) in [5.74, 6) is 0.280. The Hall–Kier alpha value is -2.76. The molecule has 4 rings (SSSR count). The van der Waals surface area contributed by atoms with Crippen LogP contribution in [0.5, 0.6) is 11.5 Å². The molecule has 2 aromatic heterocycles. The number of hydrogen-bond donors (Lipinski definition) is 6. The maximum Gasteiger partial charge on any atom is 0.141 e. The van der Waals surface area contributed by atoms with E-state index in [0.717, 1.165) is 34.7 Å². The average molecular weight is 640 g/mol. The van der Waals surface area contributed by atoms with Crippen molar-refractivity contribution in [2.24, 2.45) is 0 Å². The van der Waals surface area contributed by atoms with Crippen molar-refractivity contribution < 1.29 is 25.9 Å². The van der Waals surface area contributed by atoms with E-state index >= 15 is 0 Å². The number of benzene rings is 2. The summed E-state index contributed by atoms with van der Waals surface area (Å²) >= 11 is 0. The van der Waals surface area contributed by atoms with Crippen molar-refractivity contribution in [3.8, 4) is 11.5 Å². The monoisotopic (exact) mass is 638 g/mol. The second-order valence-electron chi connectivity index (χ2n) is 10.7. The number of nitrogens with one attached hydrogen (secondary N) is 2. The molecule has 0 radical (unpaired) electrons. The fraction of sp³-hybridized carbons (Fsp3) is 0.438. The summed E-state index contributed by atoms with van der Waals surface area (Å²) in [5, 5.41) is 49.3. The lowest BCUT2D eigenvalue weighted by Crippen LogP contribution is -2.38. The van der Waals surface area contributed by atoms with Crippen molar-refractivity contribution in [2.45, 2.75) is 90.8 Å². The average Bonchev–Trinajstić information content (AvgIpc) is 2.95. The van der Waals surface area contributed by atoms with Crippen LogP contribution >= 0.6 is 24.8 Å². The molecule has 11 heteroatoms. The van der Waals surface area contributed by atoms with Gasteiger partial charge in [0.1, 0.15) is 22.5 Å². The minimum absolute atomic E-state index is 0. The standard InChI is InChI=1S/2C16H22N2O2.2ClH.H2O/c2*1-4-13(18-10(2)3)16(20)12-7-8-14(19)15-11(12)6-5-9-17-15;;;/h2*5-10,13,16,18-20H,4H2,1-3H3;2*1H;1H2. The van der Waals surface area contributed by atoms with Gasteiger partial charge in [-0.1, -0.05) is 65.8 Å². The van der Waals surface area contributed by atoms with E-state index in [2.05, 4.69) is 48.3 Å². The Morgan fingerprint density at radius 1 is 0.628 bits per heavy atom. The van der Waals surface area contributed by atoms with Crippen molar-refractivity contribution >= 4 is 46.6 Å². The van der Waals surface area contributed by atoms with Gasteiger partial charge in [-0.2, -0.15) is 0 Å². The fourth-order valence-electron chi connectivity index (χ4n) is 5.03. The van der Waals surface area contributed by atoms with E-state index in [1.54, 1.807) is 36.7 Å². The Morgan fingerprint density at radius 2 is 0.977 bits per heavy atom. The maximum atomic E-state index is 10.6. The highest BCUT2D eigenvalue weighted by atomic mass is 35.5. The highest BCUT2D eigenvalue weighted by molar-refractivity contribution is 5.88. The van der Waals surface area contributed by atoms with Crippen molar-refractivity contribution in [3.05, 3.63) is 72.1 Å². The molecule has 4 atom stereocenters. The van der Waals surface area contributed by atoms with E-state index in [9.17, 15) is 20.4 Å². The number of aliphatic hydroxyl groups excluding tert-OH is 2. The summed E-state index contributed by atoms with van der Waals surface area (Å²) in [5.41, 5.74) is 2.66. The van der Waals surface area contributed by atoms with Gasteiger partial charge < -0.3 is 36.5 Å². The number of aromatic hydroxyl groups is 2. The SMILES string of the molecule is CCC(NC(C)C)C(O)c1ccc(O)c2ncccc12.CCC(NC(C)C)C(O)c1ccc(O)c2ncccc12.Cl.Cl.O. The summed E-state index contributed by atoms with van der Waals surface area (Å²) in [6.45, 7) is 12.3. The van der Waals surface area contributed by atoms with Gasteiger partial charge in [0.25, 0.3) is 0 Å². The summed E-state index contributed by atoms with van der Waals surface area (Å²) in [4.78, 5) is 8.38. The van der Waals surface area contributed by atoms with Crippen LogP contribution in [0.2, 0.25) is 0 Å². The molecule has 43 heavy (non-hydrogen) atoms. The Bertz CT molecular complexity index is 1290. The lowest BCUT2D eigenvalue weighted by atomic mass is 9.95. The van der Waals surface area contributed by atoms with Gasteiger partial charge in [0, 0.05) is 47.3 Å². The zero-order valence-corrected chi connectivity index (χ0v) is 27.3. The summed E-state index contributed by atoms with van der Waals surface area (Å²) in [6, 6.07) is 14.7. The third-order valence-corrected chi connectivity index (χ3v) is 6.94. The number of phenolic OH excluding ortho intramolecular Hbond substituents is 2. The minimum Gasteiger partial charge on any atom is -0.506 e. The van der Waals surface area contributed by atoms with Gasteiger partial charge in [-0.05, 0) is 48.2 Å². The summed E-state index contributed by atoms with van der Waals surface area (Å²) < 4.78 is 0. The Balaban J connectivity index is 0.000000767. The second-order valence-corrected chi connectivity index (χ2v) is 10.7. The van der Waals surface area contributed by atoms with E-state index in [1.807, 2.05) is 38.1 Å². The van der Waals surface area contributed by atoms with Crippen LogP contribution in [0, 0.1) is 0 Å². The van der Waals surface area contributed by atoms with Crippen LogP contribution < -0.4 is 10.6 Å². The predicted molar refractivity (Wildman–Crippen MR) is 180 cm³/mol. The van der Waals surface area contributed by atoms with E-state index < -0.39 is 12.2 Å². The second kappa shape index (κ2) is 18.8. The third kappa shape index (κ3) is 10.1. The first kappa shape index (κ1) is 40.2. The minimum atomic E-state index is -0.630. The Morgan fingerprint density at radius 3 is 1.28 bits per heavy atom. The van der Waals surface area contributed by atoms with Gasteiger partial charge in [0.05, 0.1) is 12.2 Å². The van der Waals surface area contributed by atoms with Crippen LogP contribution in [0.1, 0.15) is 77.7 Å². The largest absolute Gasteiger partial charge is 0.506 e. The number of aromatic nitrogens is 2. The van der Waals surface area contributed by atoms with Gasteiger partial charge >= 0.3 is 0 Å². The molecule has 0 fully saturated rings. The number of phenols is 2. The van der Waals surface area contributed by atoms with Crippen LogP contribution in [0.4, 0.5) is 0 Å². The number of rotatable bonds is 10. The molecule has 2 aromatic carbocycles. The quantitative estimate of drug-likeness (QED) is 0.132. The lowest BCUT2D eigenvalue weighted by molar-refractivity contribution is 0.122. The van der Waals surface area contributed by atoms with E-state index in [0.29, 0.717) is 23.1 Å². The Labute approximate surface area is 266 Å². The van der Waals surface area contributed by atoms with Crippen LogP contribution in [0.3, 0.4) is 0 Å². The summed E-state index contributed by atoms with van der Waals surface area (Å²) in [6.07, 6.45) is 3.66. The molecular formula is C32H48Cl2N4O5. The molecule has 0 aliphatic carbocycles. The van der Waals surface area contributed by atoms with E-state index in [-0.39, 0.29) is 53.9 Å². The Kier molecular flexibility index (Phi) is 17.6. The van der Waals surface area contributed by atoms with Crippen LogP contribution in [0.25, 0.3) is 21.8 Å². The van der Waals surface area contributed by atoms with Gasteiger partial charge in [-0.25, -0.2) is 0 Å². The van der Waals surface area contributed by atoms with E-state index in [4.69, 9.17) is 0 Å². The normalized spacial score (nSPS) is 13.6. The number of halogens is 2. The van der Waals surface area contributed by atoms with Crippen LogP contribution in [0.15, 0.2) is 60.9 Å². The molecule has 0 aliphatic heterocycles. The number of nitrogens with zero attached hydrogens (tertiary/aromatic N) is 2. The molecule has 8 N–H and O–H groups in total. The van der Waals surface area contributed by atoms with Crippen LogP contribution in [-0.2, 0) is 0 Å².